The lowest BCUT2D eigenvalue weighted by atomic mass is 10.1. The van der Waals surface area contributed by atoms with E-state index in [-0.39, 0.29) is 0 Å². The zero-order chi connectivity index (χ0) is 7.23. The van der Waals surface area contributed by atoms with Crippen molar-refractivity contribution in [3.8, 4) is 0 Å². The van der Waals surface area contributed by atoms with Gasteiger partial charge in [0.05, 0.1) is 6.54 Å². The highest BCUT2D eigenvalue weighted by Crippen LogP contribution is 1.87. The highest BCUT2D eigenvalue weighted by Gasteiger charge is 2.17. The van der Waals surface area contributed by atoms with Gasteiger partial charge in [-0.25, -0.2) is 0 Å². The van der Waals surface area contributed by atoms with Crippen LogP contribution in [-0.2, 0) is 0 Å². The Morgan fingerprint density at radius 1 is 1.40 bits per heavy atom. The smallest absolute Gasteiger partial charge is 0.136 e. The molecule has 0 aromatic rings. The second-order valence-electron chi connectivity index (χ2n) is 3.09. The topological polar surface area (TPSA) is 60.9 Å². The second-order valence-corrected chi connectivity index (χ2v) is 3.09. The molecule has 1 atom stereocenters. The zero-order valence-electron chi connectivity index (χ0n) is 6.68. The molecule has 0 amide bonds. The molecule has 0 radical (unpaired) electrons. The van der Waals surface area contributed by atoms with Crippen molar-refractivity contribution in [2.75, 3.05) is 26.2 Å². The van der Waals surface area contributed by atoms with E-state index in [0.29, 0.717) is 0 Å². The Kier molecular flexibility index (Phi) is 3.72. The molecular weight excluding hydrogens is 126 g/mol. The van der Waals surface area contributed by atoms with Gasteiger partial charge in [-0.1, -0.05) is 0 Å². The Morgan fingerprint density at radius 3 is 2.90 bits per heavy atom. The number of quaternary nitrogens is 3. The van der Waals surface area contributed by atoms with E-state index in [1.165, 1.54) is 32.5 Å². The number of hydrogen-bond donors (Lipinski definition) is 3. The van der Waals surface area contributed by atoms with Crippen LogP contribution in [0.3, 0.4) is 0 Å². The molecule has 3 heteroatoms. The molecule has 1 rings (SSSR count). The number of hydrogen-bond acceptors (Lipinski definition) is 0. The predicted molar refractivity (Wildman–Crippen MR) is 39.2 cm³/mol. The largest absolute Gasteiger partial charge is 0.358 e. The first-order valence-electron chi connectivity index (χ1n) is 4.37. The summed E-state index contributed by atoms with van der Waals surface area (Å²) in [5, 5.41) is 4.91. The maximum absolute atomic E-state index is 3.85. The minimum Gasteiger partial charge on any atom is -0.358 e. The van der Waals surface area contributed by atoms with Crippen LogP contribution in [0.25, 0.3) is 0 Å². The highest BCUT2D eigenvalue weighted by atomic mass is 15.0. The average molecular weight is 146 g/mol. The minimum absolute atomic E-state index is 0.885. The monoisotopic (exact) mass is 146 g/mol. The van der Waals surface area contributed by atoms with Gasteiger partial charge in [0, 0.05) is 12.8 Å². The standard InChI is InChI=1S/C7H17N3/c8-3-1-2-7-6-9-4-5-10-7/h7,9-10H,1-6,8H2/p+3. The summed E-state index contributed by atoms with van der Waals surface area (Å²) in [6.07, 6.45) is 2.66. The molecule has 10 heavy (non-hydrogen) atoms. The molecular formula is C7H20N3+3. The normalized spacial score (nSPS) is 26.7. The van der Waals surface area contributed by atoms with Gasteiger partial charge in [0.1, 0.15) is 25.7 Å². The molecule has 7 N–H and O–H groups in total. The van der Waals surface area contributed by atoms with Gasteiger partial charge in [-0.15, -0.1) is 0 Å². The third-order valence-corrected chi connectivity index (χ3v) is 2.17. The number of piperazine rings is 1. The van der Waals surface area contributed by atoms with E-state index in [1.807, 2.05) is 0 Å². The second kappa shape index (κ2) is 4.66. The molecule has 1 heterocycles. The van der Waals surface area contributed by atoms with Crippen LogP contribution < -0.4 is 16.4 Å². The lowest BCUT2D eigenvalue weighted by Crippen LogP contribution is -3.08. The molecule has 0 aromatic carbocycles. The first-order valence-corrected chi connectivity index (χ1v) is 4.37. The molecule has 0 aliphatic carbocycles. The van der Waals surface area contributed by atoms with E-state index in [0.717, 1.165) is 12.6 Å². The highest BCUT2D eigenvalue weighted by molar-refractivity contribution is 4.52. The fourth-order valence-electron chi connectivity index (χ4n) is 1.52. The Labute approximate surface area is 62.4 Å². The summed E-state index contributed by atoms with van der Waals surface area (Å²) in [5.74, 6) is 0. The maximum atomic E-state index is 3.85. The molecule has 1 saturated heterocycles. The summed E-state index contributed by atoms with van der Waals surface area (Å²) in [4.78, 5) is 0. The third kappa shape index (κ3) is 2.64. The van der Waals surface area contributed by atoms with Gasteiger partial charge >= 0.3 is 0 Å². The van der Waals surface area contributed by atoms with Gasteiger partial charge in [0.25, 0.3) is 0 Å². The van der Waals surface area contributed by atoms with E-state index in [1.54, 1.807) is 0 Å². The first kappa shape index (κ1) is 7.98. The van der Waals surface area contributed by atoms with Crippen molar-refractivity contribution in [2.24, 2.45) is 0 Å². The van der Waals surface area contributed by atoms with Crippen molar-refractivity contribution in [3.63, 3.8) is 0 Å². The summed E-state index contributed by atoms with van der Waals surface area (Å²) in [6, 6.07) is 0.885. The molecule has 0 saturated carbocycles. The lowest BCUT2D eigenvalue weighted by Gasteiger charge is -2.17. The molecule has 1 aliphatic heterocycles. The Morgan fingerprint density at radius 2 is 2.30 bits per heavy atom. The molecule has 1 unspecified atom stereocenters. The first-order chi connectivity index (χ1) is 4.93. The van der Waals surface area contributed by atoms with Crippen LogP contribution in [0.15, 0.2) is 0 Å². The van der Waals surface area contributed by atoms with Crippen LogP contribution in [-0.4, -0.2) is 32.2 Å². The van der Waals surface area contributed by atoms with Crippen LogP contribution in [0.2, 0.25) is 0 Å². The fraction of sp³-hybridized carbons (Fsp3) is 1.00. The Balaban J connectivity index is 2.02. The third-order valence-electron chi connectivity index (χ3n) is 2.17. The van der Waals surface area contributed by atoms with Gasteiger partial charge < -0.3 is 16.4 Å². The Bertz CT molecular complexity index is 78.9. The van der Waals surface area contributed by atoms with Crippen LogP contribution >= 0.6 is 0 Å². The summed E-state index contributed by atoms with van der Waals surface area (Å²) >= 11 is 0. The van der Waals surface area contributed by atoms with E-state index < -0.39 is 0 Å². The fourth-order valence-corrected chi connectivity index (χ4v) is 1.52. The lowest BCUT2D eigenvalue weighted by molar-refractivity contribution is -0.811. The molecule has 0 aromatic heterocycles. The molecule has 1 aliphatic rings. The minimum atomic E-state index is 0.885. The van der Waals surface area contributed by atoms with Crippen molar-refractivity contribution in [1.29, 1.82) is 0 Å². The van der Waals surface area contributed by atoms with Gasteiger partial charge in [0.2, 0.25) is 0 Å². The summed E-state index contributed by atoms with van der Waals surface area (Å²) < 4.78 is 0. The van der Waals surface area contributed by atoms with Gasteiger partial charge in [-0.2, -0.15) is 0 Å². The van der Waals surface area contributed by atoms with E-state index in [2.05, 4.69) is 16.4 Å². The van der Waals surface area contributed by atoms with Crippen molar-refractivity contribution in [1.82, 2.24) is 0 Å². The quantitative estimate of drug-likeness (QED) is 0.370. The summed E-state index contributed by atoms with van der Waals surface area (Å²) in [5.41, 5.74) is 3.85. The molecule has 3 nitrogen and oxygen atoms in total. The van der Waals surface area contributed by atoms with Crippen LogP contribution in [0, 0.1) is 0 Å². The van der Waals surface area contributed by atoms with Gasteiger partial charge in [-0.05, 0) is 0 Å². The van der Waals surface area contributed by atoms with Crippen molar-refractivity contribution >= 4 is 0 Å². The molecule has 0 spiro atoms. The zero-order valence-corrected chi connectivity index (χ0v) is 6.68. The SMILES string of the molecule is [NH3+]CCCC1C[NH2+]CC[NH2+]1. The van der Waals surface area contributed by atoms with Gasteiger partial charge in [0.15, 0.2) is 0 Å². The summed E-state index contributed by atoms with van der Waals surface area (Å²) in [6.45, 7) is 5.03. The molecule has 60 valence electrons. The number of rotatable bonds is 3. The van der Waals surface area contributed by atoms with Crippen molar-refractivity contribution in [3.05, 3.63) is 0 Å². The van der Waals surface area contributed by atoms with E-state index in [9.17, 15) is 0 Å². The summed E-state index contributed by atoms with van der Waals surface area (Å²) in [7, 11) is 0. The van der Waals surface area contributed by atoms with E-state index >= 15 is 0 Å². The predicted octanol–water partition coefficient (Wildman–Crippen LogP) is -3.48. The molecule has 0 bridgehead atoms. The van der Waals surface area contributed by atoms with Gasteiger partial charge in [-0.3, -0.25) is 0 Å². The molecule has 1 fully saturated rings. The van der Waals surface area contributed by atoms with Crippen molar-refractivity contribution in [2.45, 2.75) is 18.9 Å². The van der Waals surface area contributed by atoms with E-state index in [4.69, 9.17) is 0 Å². The van der Waals surface area contributed by atoms with Crippen molar-refractivity contribution < 1.29 is 16.4 Å². The Hall–Kier alpha value is -0.120. The van der Waals surface area contributed by atoms with Crippen LogP contribution in [0.5, 0.6) is 0 Å². The van der Waals surface area contributed by atoms with Crippen LogP contribution in [0.4, 0.5) is 0 Å². The maximum Gasteiger partial charge on any atom is 0.136 e. The number of nitrogens with two attached hydrogens (primary N) is 2. The van der Waals surface area contributed by atoms with Crippen LogP contribution in [0.1, 0.15) is 12.8 Å². The average Bonchev–Trinajstić information content (AvgIpc) is 2.03.